The Hall–Kier alpha value is -3.08. The maximum atomic E-state index is 5.92. The van der Waals surface area contributed by atoms with Crippen molar-refractivity contribution >= 4 is 17.5 Å². The summed E-state index contributed by atoms with van der Waals surface area (Å²) in [5.74, 6) is 2.25. The first-order valence-corrected chi connectivity index (χ1v) is 9.82. The molecule has 0 atom stereocenters. The molecular formula is C23H28N4O. The van der Waals surface area contributed by atoms with Crippen LogP contribution in [0, 0.1) is 0 Å². The van der Waals surface area contributed by atoms with Crippen molar-refractivity contribution in [2.24, 2.45) is 0 Å². The summed E-state index contributed by atoms with van der Waals surface area (Å²) in [6.45, 7) is 10.1. The molecule has 0 unspecified atom stereocenters. The average molecular weight is 377 g/mol. The minimum absolute atomic E-state index is 0.0887. The van der Waals surface area contributed by atoms with Gasteiger partial charge in [0.25, 0.3) is 0 Å². The van der Waals surface area contributed by atoms with Crippen LogP contribution in [0.2, 0.25) is 0 Å². The summed E-state index contributed by atoms with van der Waals surface area (Å²) in [5, 5.41) is 3.36. The molecule has 2 aromatic carbocycles. The molecule has 5 heteroatoms. The van der Waals surface area contributed by atoms with Crippen molar-refractivity contribution < 1.29 is 4.74 Å². The van der Waals surface area contributed by atoms with Crippen LogP contribution in [0.5, 0.6) is 5.75 Å². The number of hydrogen-bond acceptors (Lipinski definition) is 5. The summed E-state index contributed by atoms with van der Waals surface area (Å²) in [6.07, 6.45) is 0.0887. The third kappa shape index (κ3) is 4.80. The van der Waals surface area contributed by atoms with Crippen molar-refractivity contribution in [3.8, 4) is 17.0 Å². The smallest absolute Gasteiger partial charge is 0.229 e. The Kier molecular flexibility index (Phi) is 6.48. The summed E-state index contributed by atoms with van der Waals surface area (Å²) >= 11 is 0. The first-order chi connectivity index (χ1) is 13.6. The molecule has 3 aromatic rings. The monoisotopic (exact) mass is 376 g/mol. The van der Waals surface area contributed by atoms with E-state index < -0.39 is 0 Å². The number of ether oxygens (including phenoxy) is 1. The van der Waals surface area contributed by atoms with E-state index in [4.69, 9.17) is 14.7 Å². The van der Waals surface area contributed by atoms with Gasteiger partial charge in [-0.1, -0.05) is 42.5 Å². The number of para-hydroxylation sites is 2. The predicted molar refractivity (Wildman–Crippen MR) is 117 cm³/mol. The lowest BCUT2D eigenvalue weighted by atomic mass is 10.1. The highest BCUT2D eigenvalue weighted by Crippen LogP contribution is 2.29. The number of aromatic nitrogens is 2. The molecule has 0 amide bonds. The van der Waals surface area contributed by atoms with Gasteiger partial charge in [-0.3, -0.25) is 0 Å². The van der Waals surface area contributed by atoms with Gasteiger partial charge in [-0.15, -0.1) is 0 Å². The fourth-order valence-electron chi connectivity index (χ4n) is 3.00. The highest BCUT2D eigenvalue weighted by atomic mass is 16.5. The zero-order valence-corrected chi connectivity index (χ0v) is 17.0. The lowest BCUT2D eigenvalue weighted by Gasteiger charge is -2.21. The SMILES string of the molecule is CCN(CC)c1cc(-c2ccccc2)nc(Nc2ccccc2OC(C)C)n1. The number of benzene rings is 2. The van der Waals surface area contributed by atoms with Crippen molar-refractivity contribution in [3.05, 3.63) is 60.7 Å². The minimum Gasteiger partial charge on any atom is -0.489 e. The van der Waals surface area contributed by atoms with Crippen LogP contribution in [-0.2, 0) is 0 Å². The van der Waals surface area contributed by atoms with E-state index in [2.05, 4.69) is 36.2 Å². The van der Waals surface area contributed by atoms with Crippen LogP contribution >= 0.6 is 0 Å². The third-order valence-corrected chi connectivity index (χ3v) is 4.37. The zero-order chi connectivity index (χ0) is 19.9. The standard InChI is InChI=1S/C23H28N4O/c1-5-27(6-2)22-16-20(18-12-8-7-9-13-18)25-23(26-22)24-19-14-10-11-15-21(19)28-17(3)4/h7-17H,5-6H2,1-4H3,(H,24,25,26). The Morgan fingerprint density at radius 3 is 2.29 bits per heavy atom. The second-order valence-corrected chi connectivity index (χ2v) is 6.76. The van der Waals surface area contributed by atoms with Gasteiger partial charge in [0.05, 0.1) is 17.5 Å². The summed E-state index contributed by atoms with van der Waals surface area (Å²) in [5.41, 5.74) is 2.81. The molecule has 0 saturated carbocycles. The van der Waals surface area contributed by atoms with Gasteiger partial charge < -0.3 is 15.0 Å². The van der Waals surface area contributed by atoms with Crippen LogP contribution in [0.15, 0.2) is 60.7 Å². The first kappa shape index (κ1) is 19.7. The summed E-state index contributed by atoms with van der Waals surface area (Å²) in [4.78, 5) is 11.7. The molecule has 0 aliphatic carbocycles. The Labute approximate surface area is 167 Å². The molecule has 1 heterocycles. The minimum atomic E-state index is 0.0887. The molecule has 0 saturated heterocycles. The van der Waals surface area contributed by atoms with Gasteiger partial charge in [0.1, 0.15) is 11.6 Å². The molecule has 0 fully saturated rings. The fraction of sp³-hybridized carbons (Fsp3) is 0.304. The van der Waals surface area contributed by atoms with E-state index in [0.29, 0.717) is 5.95 Å². The van der Waals surface area contributed by atoms with E-state index >= 15 is 0 Å². The van der Waals surface area contributed by atoms with Gasteiger partial charge in [0.15, 0.2) is 0 Å². The van der Waals surface area contributed by atoms with Gasteiger partial charge in [-0.25, -0.2) is 4.98 Å². The van der Waals surface area contributed by atoms with Crippen molar-refractivity contribution in [3.63, 3.8) is 0 Å². The molecule has 3 rings (SSSR count). The molecule has 0 spiro atoms. The summed E-state index contributed by atoms with van der Waals surface area (Å²) in [6, 6.07) is 20.1. The van der Waals surface area contributed by atoms with E-state index in [1.807, 2.05) is 62.4 Å². The zero-order valence-electron chi connectivity index (χ0n) is 17.0. The van der Waals surface area contributed by atoms with Crippen LogP contribution in [0.1, 0.15) is 27.7 Å². The summed E-state index contributed by atoms with van der Waals surface area (Å²) < 4.78 is 5.92. The number of hydrogen-bond donors (Lipinski definition) is 1. The third-order valence-electron chi connectivity index (χ3n) is 4.37. The lowest BCUT2D eigenvalue weighted by molar-refractivity contribution is 0.244. The number of nitrogens with one attached hydrogen (secondary N) is 1. The molecule has 0 radical (unpaired) electrons. The quantitative estimate of drug-likeness (QED) is 0.561. The second-order valence-electron chi connectivity index (χ2n) is 6.76. The van der Waals surface area contributed by atoms with Crippen molar-refractivity contribution in [2.75, 3.05) is 23.3 Å². The van der Waals surface area contributed by atoms with Gasteiger partial charge in [-0.2, -0.15) is 4.98 Å². The van der Waals surface area contributed by atoms with Crippen molar-refractivity contribution in [1.29, 1.82) is 0 Å². The Morgan fingerprint density at radius 1 is 0.929 bits per heavy atom. The largest absolute Gasteiger partial charge is 0.489 e. The van der Waals surface area contributed by atoms with Crippen LogP contribution in [-0.4, -0.2) is 29.2 Å². The highest BCUT2D eigenvalue weighted by Gasteiger charge is 2.13. The van der Waals surface area contributed by atoms with E-state index in [1.54, 1.807) is 0 Å². The first-order valence-electron chi connectivity index (χ1n) is 9.82. The fourth-order valence-corrected chi connectivity index (χ4v) is 3.00. The molecule has 0 bridgehead atoms. The number of anilines is 3. The molecule has 1 N–H and O–H groups in total. The lowest BCUT2D eigenvalue weighted by Crippen LogP contribution is -2.23. The molecule has 5 nitrogen and oxygen atoms in total. The number of rotatable bonds is 8. The van der Waals surface area contributed by atoms with Gasteiger partial charge in [0, 0.05) is 24.7 Å². The summed E-state index contributed by atoms with van der Waals surface area (Å²) in [7, 11) is 0. The van der Waals surface area contributed by atoms with Gasteiger partial charge in [0.2, 0.25) is 5.95 Å². The molecule has 0 aliphatic heterocycles. The molecule has 1 aromatic heterocycles. The van der Waals surface area contributed by atoms with E-state index in [-0.39, 0.29) is 6.10 Å². The molecule has 28 heavy (non-hydrogen) atoms. The highest BCUT2D eigenvalue weighted by molar-refractivity contribution is 5.68. The van der Waals surface area contributed by atoms with E-state index in [1.165, 1.54) is 0 Å². The number of nitrogens with zero attached hydrogens (tertiary/aromatic N) is 3. The van der Waals surface area contributed by atoms with Crippen LogP contribution in [0.3, 0.4) is 0 Å². The van der Waals surface area contributed by atoms with Crippen LogP contribution in [0.25, 0.3) is 11.3 Å². The maximum Gasteiger partial charge on any atom is 0.229 e. The molecule has 0 aliphatic rings. The Balaban J connectivity index is 2.02. The van der Waals surface area contributed by atoms with Gasteiger partial charge in [-0.05, 0) is 39.8 Å². The topological polar surface area (TPSA) is 50.3 Å². The Bertz CT molecular complexity index is 892. The van der Waals surface area contributed by atoms with Crippen molar-refractivity contribution in [1.82, 2.24) is 9.97 Å². The average Bonchev–Trinajstić information content (AvgIpc) is 2.71. The Morgan fingerprint density at radius 2 is 1.61 bits per heavy atom. The van der Waals surface area contributed by atoms with E-state index in [9.17, 15) is 0 Å². The van der Waals surface area contributed by atoms with Crippen LogP contribution < -0.4 is 15.0 Å². The van der Waals surface area contributed by atoms with Crippen LogP contribution in [0.4, 0.5) is 17.5 Å². The maximum absolute atomic E-state index is 5.92. The molecular weight excluding hydrogens is 348 g/mol. The predicted octanol–water partition coefficient (Wildman–Crippen LogP) is 5.52. The molecule has 146 valence electrons. The normalized spacial score (nSPS) is 10.8. The van der Waals surface area contributed by atoms with Crippen molar-refractivity contribution in [2.45, 2.75) is 33.8 Å². The van der Waals surface area contributed by atoms with E-state index in [0.717, 1.165) is 41.6 Å². The van der Waals surface area contributed by atoms with Gasteiger partial charge >= 0.3 is 0 Å². The second kappa shape index (κ2) is 9.22.